The maximum Gasteiger partial charge on any atom is 0.271 e. The van der Waals surface area contributed by atoms with Crippen molar-refractivity contribution in [2.75, 3.05) is 0 Å². The van der Waals surface area contributed by atoms with Crippen molar-refractivity contribution in [1.82, 2.24) is 10.4 Å². The molecule has 0 saturated heterocycles. The van der Waals surface area contributed by atoms with E-state index < -0.39 is 0 Å². The Hall–Kier alpha value is -3.27. The molecular weight excluding hydrogens is 286 g/mol. The van der Waals surface area contributed by atoms with Crippen LogP contribution in [0.3, 0.4) is 0 Å². The van der Waals surface area contributed by atoms with Gasteiger partial charge in [0.25, 0.3) is 5.91 Å². The van der Waals surface area contributed by atoms with E-state index in [-0.39, 0.29) is 5.91 Å². The van der Waals surface area contributed by atoms with E-state index in [1.165, 1.54) is 6.21 Å². The van der Waals surface area contributed by atoms with Crippen LogP contribution in [0.25, 0.3) is 11.1 Å². The summed E-state index contributed by atoms with van der Waals surface area (Å²) < 4.78 is 0. The van der Waals surface area contributed by atoms with Gasteiger partial charge < -0.3 is 0 Å². The second-order valence-corrected chi connectivity index (χ2v) is 4.90. The van der Waals surface area contributed by atoms with Crippen molar-refractivity contribution in [2.24, 2.45) is 5.10 Å². The Labute approximate surface area is 134 Å². The van der Waals surface area contributed by atoms with Crippen LogP contribution in [0.15, 0.2) is 84.1 Å². The first-order valence-corrected chi connectivity index (χ1v) is 7.23. The second kappa shape index (κ2) is 7.13. The highest BCUT2D eigenvalue weighted by Gasteiger charge is 2.04. The number of carbonyl (C=O) groups is 1. The van der Waals surface area contributed by atoms with Gasteiger partial charge in [0.2, 0.25) is 0 Å². The number of hydrazone groups is 1. The van der Waals surface area contributed by atoms with E-state index in [1.807, 2.05) is 60.7 Å². The molecule has 0 bridgehead atoms. The summed E-state index contributed by atoms with van der Waals surface area (Å²) >= 11 is 0. The molecule has 4 nitrogen and oxygen atoms in total. The molecule has 2 aromatic carbocycles. The van der Waals surface area contributed by atoms with Crippen molar-refractivity contribution in [3.63, 3.8) is 0 Å². The zero-order valence-electron chi connectivity index (χ0n) is 12.4. The van der Waals surface area contributed by atoms with E-state index in [0.717, 1.165) is 11.1 Å². The number of rotatable bonds is 4. The van der Waals surface area contributed by atoms with Gasteiger partial charge in [0.15, 0.2) is 0 Å². The summed E-state index contributed by atoms with van der Waals surface area (Å²) in [6.45, 7) is 0. The molecule has 3 aromatic rings. The molecule has 0 atom stereocenters. The fourth-order valence-electron chi connectivity index (χ4n) is 2.12. The van der Waals surface area contributed by atoms with Gasteiger partial charge in [-0.3, -0.25) is 9.78 Å². The van der Waals surface area contributed by atoms with E-state index in [0.29, 0.717) is 11.3 Å². The van der Waals surface area contributed by atoms with Crippen molar-refractivity contribution in [1.29, 1.82) is 0 Å². The van der Waals surface area contributed by atoms with E-state index in [9.17, 15) is 4.79 Å². The number of amides is 1. The van der Waals surface area contributed by atoms with Gasteiger partial charge in [-0.25, -0.2) is 5.43 Å². The first kappa shape index (κ1) is 14.7. The Bertz CT molecular complexity index is 797. The summed E-state index contributed by atoms with van der Waals surface area (Å²) in [7, 11) is 0. The third kappa shape index (κ3) is 3.89. The Kier molecular flexibility index (Phi) is 4.55. The molecule has 1 aromatic heterocycles. The SMILES string of the molecule is O=C(NN=Cc1ccccn1)c1ccc(-c2ccccc2)cc1. The predicted molar refractivity (Wildman–Crippen MR) is 91.2 cm³/mol. The minimum atomic E-state index is -0.253. The van der Waals surface area contributed by atoms with Gasteiger partial charge in [-0.15, -0.1) is 0 Å². The van der Waals surface area contributed by atoms with E-state index >= 15 is 0 Å². The average Bonchev–Trinajstić information content (AvgIpc) is 2.63. The molecular formula is C19H15N3O. The largest absolute Gasteiger partial charge is 0.271 e. The molecule has 4 heteroatoms. The van der Waals surface area contributed by atoms with Crippen molar-refractivity contribution >= 4 is 12.1 Å². The lowest BCUT2D eigenvalue weighted by Crippen LogP contribution is -2.17. The molecule has 0 aliphatic heterocycles. The number of nitrogens with one attached hydrogen (secondary N) is 1. The maximum atomic E-state index is 12.0. The van der Waals surface area contributed by atoms with Gasteiger partial charge in [-0.1, -0.05) is 48.5 Å². The fourth-order valence-corrected chi connectivity index (χ4v) is 2.12. The minimum Gasteiger partial charge on any atom is -0.267 e. The molecule has 0 unspecified atom stereocenters. The third-order valence-corrected chi connectivity index (χ3v) is 3.30. The highest BCUT2D eigenvalue weighted by molar-refractivity contribution is 5.95. The van der Waals surface area contributed by atoms with E-state index in [1.54, 1.807) is 18.3 Å². The van der Waals surface area contributed by atoms with E-state index in [2.05, 4.69) is 15.5 Å². The summed E-state index contributed by atoms with van der Waals surface area (Å²) in [5, 5.41) is 3.91. The van der Waals surface area contributed by atoms with Gasteiger partial charge in [0.05, 0.1) is 11.9 Å². The summed E-state index contributed by atoms with van der Waals surface area (Å²) in [6, 6.07) is 22.9. The molecule has 0 spiro atoms. The lowest BCUT2D eigenvalue weighted by atomic mass is 10.0. The van der Waals surface area contributed by atoms with Crippen LogP contribution >= 0.6 is 0 Å². The normalized spacial score (nSPS) is 10.6. The van der Waals surface area contributed by atoms with Crippen LogP contribution in [-0.2, 0) is 0 Å². The highest BCUT2D eigenvalue weighted by Crippen LogP contribution is 2.19. The van der Waals surface area contributed by atoms with Gasteiger partial charge in [0, 0.05) is 11.8 Å². The maximum absolute atomic E-state index is 12.0. The van der Waals surface area contributed by atoms with Crippen LogP contribution < -0.4 is 5.43 Å². The topological polar surface area (TPSA) is 54.4 Å². The molecule has 3 rings (SSSR count). The third-order valence-electron chi connectivity index (χ3n) is 3.30. The second-order valence-electron chi connectivity index (χ2n) is 4.90. The number of hydrogen-bond donors (Lipinski definition) is 1. The van der Waals surface area contributed by atoms with Gasteiger partial charge in [-0.2, -0.15) is 5.10 Å². The van der Waals surface area contributed by atoms with Crippen LogP contribution in [0.5, 0.6) is 0 Å². The Morgan fingerprint density at radius 2 is 1.57 bits per heavy atom. The molecule has 23 heavy (non-hydrogen) atoms. The number of aromatic nitrogens is 1. The van der Waals surface area contributed by atoms with Crippen molar-refractivity contribution < 1.29 is 4.79 Å². The van der Waals surface area contributed by atoms with Crippen LogP contribution in [0.1, 0.15) is 16.1 Å². The molecule has 1 heterocycles. The number of hydrogen-bond acceptors (Lipinski definition) is 3. The standard InChI is InChI=1S/C19H15N3O/c23-19(22-21-14-18-8-4-5-13-20-18)17-11-9-16(10-12-17)15-6-2-1-3-7-15/h1-14H,(H,22,23). The molecule has 0 aliphatic carbocycles. The van der Waals surface area contributed by atoms with Crippen molar-refractivity contribution in [3.8, 4) is 11.1 Å². The summed E-state index contributed by atoms with van der Waals surface area (Å²) in [4.78, 5) is 16.1. The van der Waals surface area contributed by atoms with Gasteiger partial charge in [0.1, 0.15) is 0 Å². The first-order chi connectivity index (χ1) is 11.3. The van der Waals surface area contributed by atoms with Crippen LogP contribution in [0.2, 0.25) is 0 Å². The molecule has 0 fully saturated rings. The Morgan fingerprint density at radius 1 is 0.870 bits per heavy atom. The Morgan fingerprint density at radius 3 is 2.26 bits per heavy atom. The average molecular weight is 301 g/mol. The smallest absolute Gasteiger partial charge is 0.267 e. The first-order valence-electron chi connectivity index (χ1n) is 7.23. The molecule has 0 saturated carbocycles. The lowest BCUT2D eigenvalue weighted by molar-refractivity contribution is 0.0955. The summed E-state index contributed by atoms with van der Waals surface area (Å²) in [5.74, 6) is -0.253. The molecule has 0 aliphatic rings. The number of pyridine rings is 1. The predicted octanol–water partition coefficient (Wildman–Crippen LogP) is 3.51. The minimum absolute atomic E-state index is 0.253. The molecule has 1 N–H and O–H groups in total. The van der Waals surface area contributed by atoms with E-state index in [4.69, 9.17) is 0 Å². The lowest BCUT2D eigenvalue weighted by Gasteiger charge is -2.03. The molecule has 112 valence electrons. The van der Waals surface area contributed by atoms with Gasteiger partial charge in [-0.05, 0) is 35.4 Å². The number of carbonyl (C=O) groups excluding carboxylic acids is 1. The number of nitrogens with zero attached hydrogens (tertiary/aromatic N) is 2. The van der Waals surface area contributed by atoms with Crippen molar-refractivity contribution in [2.45, 2.75) is 0 Å². The molecule has 1 amide bonds. The molecule has 0 radical (unpaired) electrons. The van der Waals surface area contributed by atoms with Gasteiger partial charge >= 0.3 is 0 Å². The quantitative estimate of drug-likeness (QED) is 0.592. The summed E-state index contributed by atoms with van der Waals surface area (Å²) in [6.07, 6.45) is 3.18. The van der Waals surface area contributed by atoms with Crippen LogP contribution in [-0.4, -0.2) is 17.1 Å². The fraction of sp³-hybridized carbons (Fsp3) is 0. The highest BCUT2D eigenvalue weighted by atomic mass is 16.2. The number of benzene rings is 2. The Balaban J connectivity index is 1.65. The summed E-state index contributed by atoms with van der Waals surface area (Å²) in [5.41, 5.74) is 5.93. The zero-order valence-corrected chi connectivity index (χ0v) is 12.4. The van der Waals surface area contributed by atoms with Crippen LogP contribution in [0.4, 0.5) is 0 Å². The van der Waals surface area contributed by atoms with Crippen molar-refractivity contribution in [3.05, 3.63) is 90.3 Å². The zero-order chi connectivity index (χ0) is 15.9. The van der Waals surface area contributed by atoms with Crippen LogP contribution in [0, 0.1) is 0 Å². The monoisotopic (exact) mass is 301 g/mol.